The minimum Gasteiger partial charge on any atom is -0.382 e. The molecule has 25 heavy (non-hydrogen) atoms. The van der Waals surface area contributed by atoms with Crippen LogP contribution in [0.25, 0.3) is 0 Å². The fourth-order valence-corrected chi connectivity index (χ4v) is 3.39. The van der Waals surface area contributed by atoms with E-state index in [1.54, 1.807) is 7.11 Å². The topological polar surface area (TPSA) is 102 Å². The maximum Gasteiger partial charge on any atom is 0.242 e. The van der Waals surface area contributed by atoms with E-state index < -0.39 is 5.25 Å². The minimum absolute atomic E-state index is 0.0593. The van der Waals surface area contributed by atoms with E-state index in [2.05, 4.69) is 5.32 Å². The molecule has 1 N–H and O–H groups in total. The summed E-state index contributed by atoms with van der Waals surface area (Å²) < 4.78 is 10.0. The van der Waals surface area contributed by atoms with Gasteiger partial charge < -0.3 is 14.8 Å². The summed E-state index contributed by atoms with van der Waals surface area (Å²) in [5, 5.41) is 2.23. The number of Topliss-reactive ketones (excluding diaryl/α,β-unsaturated/α-hetero) is 1. The predicted octanol–water partition coefficient (Wildman–Crippen LogP) is -0.00450. The lowest BCUT2D eigenvalue weighted by atomic mass is 10.3. The van der Waals surface area contributed by atoms with Crippen LogP contribution in [0.4, 0.5) is 0 Å². The number of rotatable bonds is 13. The highest BCUT2D eigenvalue weighted by molar-refractivity contribution is 8.00. The zero-order chi connectivity index (χ0) is 18.7. The van der Waals surface area contributed by atoms with E-state index in [1.165, 1.54) is 18.7 Å². The Morgan fingerprint density at radius 1 is 1.24 bits per heavy atom. The van der Waals surface area contributed by atoms with Crippen molar-refractivity contribution >= 4 is 35.3 Å². The average molecular weight is 374 g/mol. The van der Waals surface area contributed by atoms with E-state index in [9.17, 15) is 19.2 Å². The summed E-state index contributed by atoms with van der Waals surface area (Å²) in [5.41, 5.74) is 0. The number of imide groups is 1. The van der Waals surface area contributed by atoms with Crippen LogP contribution < -0.4 is 5.32 Å². The van der Waals surface area contributed by atoms with Gasteiger partial charge in [-0.1, -0.05) is 0 Å². The molecule has 142 valence electrons. The van der Waals surface area contributed by atoms with Crippen LogP contribution in [0.2, 0.25) is 0 Å². The molecular weight excluding hydrogens is 348 g/mol. The largest absolute Gasteiger partial charge is 0.382 e. The standard InChI is InChI=1S/C16H26N2O6S/c1-12(19)4-10-25-13-11-15(21)18(16(13)22)6-3-14(20)17-5-7-24-9-8-23-2/h13H,3-11H2,1-2H3,(H,17,20). The van der Waals surface area contributed by atoms with E-state index in [0.717, 1.165) is 4.90 Å². The second-order valence-corrected chi connectivity index (χ2v) is 6.91. The van der Waals surface area contributed by atoms with Crippen LogP contribution in [0.3, 0.4) is 0 Å². The summed E-state index contributed by atoms with van der Waals surface area (Å²) in [5.74, 6) is -0.181. The Kier molecular flexibility index (Phi) is 10.4. The highest BCUT2D eigenvalue weighted by Gasteiger charge is 2.38. The number of thioether (sulfide) groups is 1. The highest BCUT2D eigenvalue weighted by Crippen LogP contribution is 2.25. The van der Waals surface area contributed by atoms with Crippen molar-refractivity contribution in [3.05, 3.63) is 0 Å². The number of likely N-dealkylation sites (tertiary alicyclic amines) is 1. The summed E-state index contributed by atoms with van der Waals surface area (Å²) in [6, 6.07) is 0. The van der Waals surface area contributed by atoms with Gasteiger partial charge >= 0.3 is 0 Å². The van der Waals surface area contributed by atoms with Crippen molar-refractivity contribution in [3.8, 4) is 0 Å². The molecule has 0 aromatic heterocycles. The molecule has 0 bridgehead atoms. The number of methoxy groups -OCH3 is 1. The zero-order valence-corrected chi connectivity index (χ0v) is 15.6. The number of ether oxygens (including phenoxy) is 2. The normalized spacial score (nSPS) is 17.2. The van der Waals surface area contributed by atoms with Gasteiger partial charge in [0.05, 0.1) is 25.1 Å². The summed E-state index contributed by atoms with van der Waals surface area (Å²) in [6.45, 7) is 3.29. The molecule has 0 saturated carbocycles. The number of amides is 3. The molecule has 0 aromatic carbocycles. The molecule has 3 amide bonds. The summed E-state index contributed by atoms with van der Waals surface area (Å²) in [7, 11) is 1.58. The predicted molar refractivity (Wildman–Crippen MR) is 93.2 cm³/mol. The lowest BCUT2D eigenvalue weighted by molar-refractivity contribution is -0.138. The van der Waals surface area contributed by atoms with Crippen LogP contribution in [-0.2, 0) is 28.7 Å². The Morgan fingerprint density at radius 3 is 2.68 bits per heavy atom. The first-order chi connectivity index (χ1) is 12.0. The third-order valence-electron chi connectivity index (χ3n) is 3.54. The van der Waals surface area contributed by atoms with Crippen LogP contribution in [0.5, 0.6) is 0 Å². The van der Waals surface area contributed by atoms with Crippen LogP contribution >= 0.6 is 11.8 Å². The molecule has 1 saturated heterocycles. The Hall–Kier alpha value is -1.45. The Labute approximate surface area is 152 Å². The Morgan fingerprint density at radius 2 is 2.00 bits per heavy atom. The maximum absolute atomic E-state index is 12.2. The second-order valence-electron chi connectivity index (χ2n) is 5.60. The van der Waals surface area contributed by atoms with Crippen molar-refractivity contribution in [2.75, 3.05) is 45.8 Å². The van der Waals surface area contributed by atoms with Crippen molar-refractivity contribution in [1.29, 1.82) is 0 Å². The van der Waals surface area contributed by atoms with E-state index in [1.807, 2.05) is 0 Å². The number of hydrogen-bond donors (Lipinski definition) is 1. The zero-order valence-electron chi connectivity index (χ0n) is 14.7. The first-order valence-corrected chi connectivity index (χ1v) is 9.29. The Bertz CT molecular complexity index is 485. The van der Waals surface area contributed by atoms with Gasteiger partial charge in [-0.15, -0.1) is 11.8 Å². The number of carbonyl (C=O) groups excluding carboxylic acids is 4. The molecule has 1 atom stereocenters. The van der Waals surface area contributed by atoms with Gasteiger partial charge in [-0.3, -0.25) is 24.1 Å². The maximum atomic E-state index is 12.2. The second kappa shape index (κ2) is 12.0. The lowest BCUT2D eigenvalue weighted by Crippen LogP contribution is -2.36. The monoisotopic (exact) mass is 374 g/mol. The molecule has 0 aliphatic carbocycles. The average Bonchev–Trinajstić information content (AvgIpc) is 2.82. The van der Waals surface area contributed by atoms with Gasteiger partial charge in [0.25, 0.3) is 0 Å². The third-order valence-corrected chi connectivity index (χ3v) is 4.75. The number of nitrogens with zero attached hydrogens (tertiary/aromatic N) is 1. The number of ketones is 1. The van der Waals surface area contributed by atoms with Gasteiger partial charge in [0.1, 0.15) is 5.78 Å². The lowest BCUT2D eigenvalue weighted by Gasteiger charge is -2.14. The summed E-state index contributed by atoms with van der Waals surface area (Å²) in [6.07, 6.45) is 0.592. The molecule has 1 fully saturated rings. The van der Waals surface area contributed by atoms with Gasteiger partial charge in [-0.2, -0.15) is 0 Å². The van der Waals surface area contributed by atoms with Gasteiger partial charge in [0.2, 0.25) is 17.7 Å². The van der Waals surface area contributed by atoms with Crippen molar-refractivity contribution < 1.29 is 28.7 Å². The van der Waals surface area contributed by atoms with Crippen LogP contribution in [-0.4, -0.2) is 79.4 Å². The quantitative estimate of drug-likeness (QED) is 0.357. The van der Waals surface area contributed by atoms with Crippen molar-refractivity contribution in [2.24, 2.45) is 0 Å². The molecule has 8 nitrogen and oxygen atoms in total. The Balaban J connectivity index is 2.22. The molecule has 9 heteroatoms. The molecule has 1 aliphatic heterocycles. The van der Waals surface area contributed by atoms with Crippen molar-refractivity contribution in [2.45, 2.75) is 31.4 Å². The van der Waals surface area contributed by atoms with Gasteiger partial charge in [0.15, 0.2) is 0 Å². The molecule has 1 aliphatic rings. The molecule has 1 rings (SSSR count). The van der Waals surface area contributed by atoms with E-state index in [-0.39, 0.29) is 42.9 Å². The minimum atomic E-state index is -0.441. The van der Waals surface area contributed by atoms with Gasteiger partial charge in [0, 0.05) is 45.2 Å². The molecule has 1 heterocycles. The van der Waals surface area contributed by atoms with Gasteiger partial charge in [-0.05, 0) is 6.92 Å². The third kappa shape index (κ3) is 8.46. The molecular formula is C16H26N2O6S. The first-order valence-electron chi connectivity index (χ1n) is 8.24. The van der Waals surface area contributed by atoms with Crippen molar-refractivity contribution in [1.82, 2.24) is 10.2 Å². The van der Waals surface area contributed by atoms with E-state index >= 15 is 0 Å². The number of hydrogen-bond acceptors (Lipinski definition) is 7. The van der Waals surface area contributed by atoms with Crippen LogP contribution in [0.1, 0.15) is 26.2 Å². The molecule has 0 aromatic rings. The fourth-order valence-electron chi connectivity index (χ4n) is 2.17. The first kappa shape index (κ1) is 21.6. The smallest absolute Gasteiger partial charge is 0.242 e. The van der Waals surface area contributed by atoms with Gasteiger partial charge in [-0.25, -0.2) is 0 Å². The van der Waals surface area contributed by atoms with Crippen LogP contribution in [0, 0.1) is 0 Å². The summed E-state index contributed by atoms with van der Waals surface area (Å²) in [4.78, 5) is 47.9. The number of carbonyl (C=O) groups is 4. The SMILES string of the molecule is COCCOCCNC(=O)CCN1C(=O)CC(SCCC(C)=O)C1=O. The fraction of sp³-hybridized carbons (Fsp3) is 0.750. The number of nitrogens with one attached hydrogen (secondary N) is 1. The van der Waals surface area contributed by atoms with E-state index in [4.69, 9.17) is 9.47 Å². The van der Waals surface area contributed by atoms with E-state index in [0.29, 0.717) is 38.5 Å². The summed E-state index contributed by atoms with van der Waals surface area (Å²) >= 11 is 1.33. The van der Waals surface area contributed by atoms with Crippen molar-refractivity contribution in [3.63, 3.8) is 0 Å². The highest BCUT2D eigenvalue weighted by atomic mass is 32.2. The molecule has 0 spiro atoms. The molecule has 0 radical (unpaired) electrons. The molecule has 1 unspecified atom stereocenters. The van der Waals surface area contributed by atoms with Crippen LogP contribution in [0.15, 0.2) is 0 Å².